The molecule has 2 aliphatic heterocycles. The molecule has 3 aliphatic rings. The fraction of sp³-hybridized carbons (Fsp3) is 0.556. The van der Waals surface area contributed by atoms with Crippen LogP contribution in [0.5, 0.6) is 0 Å². The van der Waals surface area contributed by atoms with Gasteiger partial charge in [-0.3, -0.25) is 4.79 Å². The minimum Gasteiger partial charge on any atom is -0.355 e. The molecule has 0 spiro atoms. The zero-order chi connectivity index (χ0) is 17.4. The number of hydrogen-bond donors (Lipinski definition) is 1. The molecule has 1 N–H and O–H groups in total. The number of carbonyl (C=O) groups is 1. The van der Waals surface area contributed by atoms with Crippen molar-refractivity contribution in [1.82, 2.24) is 10.2 Å². The van der Waals surface area contributed by atoms with E-state index >= 15 is 0 Å². The summed E-state index contributed by atoms with van der Waals surface area (Å²) in [6.45, 7) is 1.26. The van der Waals surface area contributed by atoms with E-state index in [1.165, 1.54) is 12.8 Å². The second kappa shape index (κ2) is 6.44. The number of amides is 1. The summed E-state index contributed by atoms with van der Waals surface area (Å²) in [5.74, 6) is 0.493. The van der Waals surface area contributed by atoms with Gasteiger partial charge in [0.2, 0.25) is 5.91 Å². The first-order valence-electron chi connectivity index (χ1n) is 9.04. The first-order valence-corrected chi connectivity index (χ1v) is 10.5. The quantitative estimate of drug-likeness (QED) is 0.873. The van der Waals surface area contributed by atoms with Crippen molar-refractivity contribution < 1.29 is 13.2 Å². The van der Waals surface area contributed by atoms with Gasteiger partial charge in [0, 0.05) is 24.7 Å². The molecule has 4 rings (SSSR count). The Hall–Kier alpha value is -1.89. The number of piperidine rings is 1. The summed E-state index contributed by atoms with van der Waals surface area (Å²) >= 11 is 0. The Labute approximate surface area is 148 Å². The maximum Gasteiger partial charge on any atom is 0.285 e. The van der Waals surface area contributed by atoms with Gasteiger partial charge in [-0.1, -0.05) is 25.0 Å². The number of carbonyl (C=O) groups excluding carboxylic acids is 1. The minimum absolute atomic E-state index is 0.103. The molecule has 6 nitrogen and oxygen atoms in total. The first kappa shape index (κ1) is 16.6. The summed E-state index contributed by atoms with van der Waals surface area (Å²) in [7, 11) is -3.61. The Morgan fingerprint density at radius 1 is 1.12 bits per heavy atom. The Morgan fingerprint density at radius 2 is 1.88 bits per heavy atom. The van der Waals surface area contributed by atoms with Crippen molar-refractivity contribution in [1.29, 1.82) is 0 Å². The summed E-state index contributed by atoms with van der Waals surface area (Å²) in [6, 6.07) is 7.23. The molecule has 1 aromatic rings. The zero-order valence-electron chi connectivity index (χ0n) is 14.1. The van der Waals surface area contributed by atoms with Crippen molar-refractivity contribution in [3.8, 4) is 0 Å². The third-order valence-electron chi connectivity index (χ3n) is 5.41. The summed E-state index contributed by atoms with van der Waals surface area (Å²) in [6.07, 6.45) is 6.22. The number of likely N-dealkylation sites (tertiary alicyclic amines) is 1. The van der Waals surface area contributed by atoms with Crippen LogP contribution in [-0.2, 0) is 14.8 Å². The van der Waals surface area contributed by atoms with E-state index in [2.05, 4.69) is 9.71 Å². The molecule has 1 aromatic carbocycles. The van der Waals surface area contributed by atoms with E-state index in [9.17, 15) is 13.2 Å². The summed E-state index contributed by atoms with van der Waals surface area (Å²) in [5.41, 5.74) is 0.652. The molecule has 1 unspecified atom stereocenters. The highest BCUT2D eigenvalue weighted by Gasteiger charge is 2.35. The second-order valence-electron chi connectivity index (χ2n) is 7.16. The number of hydrogen-bond acceptors (Lipinski definition) is 4. The van der Waals surface area contributed by atoms with E-state index < -0.39 is 10.0 Å². The second-order valence-corrected chi connectivity index (χ2v) is 8.73. The molecule has 2 heterocycles. The number of amidine groups is 1. The van der Waals surface area contributed by atoms with Gasteiger partial charge in [0.05, 0.1) is 5.92 Å². The summed E-state index contributed by atoms with van der Waals surface area (Å²) < 4.78 is 28.5. The first-order chi connectivity index (χ1) is 12.0. The van der Waals surface area contributed by atoms with Crippen LogP contribution in [-0.4, -0.2) is 44.2 Å². The smallest absolute Gasteiger partial charge is 0.285 e. The van der Waals surface area contributed by atoms with Gasteiger partial charge in [0.25, 0.3) is 10.0 Å². The molecular weight excluding hydrogens is 338 g/mol. The molecule has 1 saturated heterocycles. The zero-order valence-corrected chi connectivity index (χ0v) is 15.0. The topological polar surface area (TPSA) is 78.8 Å². The minimum atomic E-state index is -3.61. The van der Waals surface area contributed by atoms with Crippen LogP contribution in [0.2, 0.25) is 0 Å². The van der Waals surface area contributed by atoms with Gasteiger partial charge in [0.1, 0.15) is 4.90 Å². The van der Waals surface area contributed by atoms with Crippen molar-refractivity contribution in [2.45, 2.75) is 49.5 Å². The largest absolute Gasteiger partial charge is 0.355 e. The number of fused-ring (bicyclic) bond motifs is 1. The summed E-state index contributed by atoms with van der Waals surface area (Å²) in [4.78, 5) is 14.8. The van der Waals surface area contributed by atoms with Crippen LogP contribution in [0, 0.1) is 5.92 Å². The highest BCUT2D eigenvalue weighted by molar-refractivity contribution is 7.90. The van der Waals surface area contributed by atoms with E-state index in [4.69, 9.17) is 0 Å². The average Bonchev–Trinajstić information content (AvgIpc) is 3.21. The molecule has 25 heavy (non-hydrogen) atoms. The molecule has 0 bridgehead atoms. The highest BCUT2D eigenvalue weighted by Crippen LogP contribution is 2.30. The van der Waals surface area contributed by atoms with Gasteiger partial charge in [-0.25, -0.2) is 0 Å². The number of nitrogens with zero attached hydrogens (tertiary/aromatic N) is 2. The Bertz CT molecular complexity index is 813. The molecule has 1 aliphatic carbocycles. The van der Waals surface area contributed by atoms with Gasteiger partial charge >= 0.3 is 0 Å². The van der Waals surface area contributed by atoms with Gasteiger partial charge < -0.3 is 10.2 Å². The highest BCUT2D eigenvalue weighted by atomic mass is 32.2. The van der Waals surface area contributed by atoms with Crippen molar-refractivity contribution in [2.24, 2.45) is 10.3 Å². The van der Waals surface area contributed by atoms with Gasteiger partial charge in [0.15, 0.2) is 5.84 Å². The third kappa shape index (κ3) is 3.17. The molecule has 0 aromatic heterocycles. The number of benzene rings is 1. The monoisotopic (exact) mass is 361 g/mol. The lowest BCUT2D eigenvalue weighted by Gasteiger charge is -2.33. The van der Waals surface area contributed by atoms with Crippen LogP contribution >= 0.6 is 0 Å². The Kier molecular flexibility index (Phi) is 4.27. The standard InChI is InChI=1S/C18H23N3O3S/c22-18(19-14-7-1-2-8-14)13-6-5-11-21(12-13)17-15-9-3-4-10-16(15)25(23,24)20-17/h3-4,9-10,13-14H,1-2,5-8,11-12H2,(H,19,22). The van der Waals surface area contributed by atoms with Crippen LogP contribution in [0.1, 0.15) is 44.1 Å². The molecule has 1 amide bonds. The predicted molar refractivity (Wildman–Crippen MR) is 94.9 cm³/mol. The molecule has 134 valence electrons. The Morgan fingerprint density at radius 3 is 2.68 bits per heavy atom. The van der Waals surface area contributed by atoms with E-state index in [0.717, 1.165) is 32.2 Å². The predicted octanol–water partition coefficient (Wildman–Crippen LogP) is 1.91. The maximum atomic E-state index is 12.6. The van der Waals surface area contributed by atoms with Gasteiger partial charge in [-0.15, -0.1) is 4.40 Å². The maximum absolute atomic E-state index is 12.6. The molecule has 7 heteroatoms. The van der Waals surface area contributed by atoms with Crippen molar-refractivity contribution in [3.05, 3.63) is 29.8 Å². The lowest BCUT2D eigenvalue weighted by atomic mass is 9.96. The SMILES string of the molecule is O=C(NC1CCCC1)C1CCCN(C2=NS(=O)(=O)c3ccccc32)C1. The molecule has 0 radical (unpaired) electrons. The number of rotatable bonds is 2. The van der Waals surface area contributed by atoms with Crippen LogP contribution in [0.25, 0.3) is 0 Å². The van der Waals surface area contributed by atoms with Crippen molar-refractivity contribution in [2.75, 3.05) is 13.1 Å². The average molecular weight is 361 g/mol. The molecular formula is C18H23N3O3S. The van der Waals surface area contributed by atoms with Gasteiger partial charge in [-0.2, -0.15) is 8.42 Å². The van der Waals surface area contributed by atoms with E-state index in [-0.39, 0.29) is 16.7 Å². The van der Waals surface area contributed by atoms with Crippen LogP contribution in [0.15, 0.2) is 33.6 Å². The fourth-order valence-electron chi connectivity index (χ4n) is 4.09. The van der Waals surface area contributed by atoms with E-state index in [0.29, 0.717) is 24.0 Å². The number of nitrogens with one attached hydrogen (secondary N) is 1. The molecule has 1 saturated carbocycles. The molecule has 2 fully saturated rings. The normalized spacial score (nSPS) is 25.5. The Balaban J connectivity index is 1.51. The van der Waals surface area contributed by atoms with Crippen LogP contribution in [0.3, 0.4) is 0 Å². The van der Waals surface area contributed by atoms with E-state index in [1.54, 1.807) is 18.2 Å². The van der Waals surface area contributed by atoms with Gasteiger partial charge in [-0.05, 0) is 37.8 Å². The lowest BCUT2D eigenvalue weighted by Crippen LogP contribution is -2.47. The van der Waals surface area contributed by atoms with Crippen LogP contribution < -0.4 is 5.32 Å². The third-order valence-corrected chi connectivity index (χ3v) is 6.73. The molecule has 1 atom stereocenters. The van der Waals surface area contributed by atoms with Crippen molar-refractivity contribution >= 4 is 21.8 Å². The lowest BCUT2D eigenvalue weighted by molar-refractivity contribution is -0.126. The van der Waals surface area contributed by atoms with Crippen LogP contribution in [0.4, 0.5) is 0 Å². The fourth-order valence-corrected chi connectivity index (χ4v) is 5.32. The summed E-state index contributed by atoms with van der Waals surface area (Å²) in [5, 5.41) is 3.17. The number of sulfonamides is 1. The van der Waals surface area contributed by atoms with Crippen molar-refractivity contribution in [3.63, 3.8) is 0 Å². The van der Waals surface area contributed by atoms with E-state index in [1.807, 2.05) is 11.0 Å².